The minimum absolute atomic E-state index is 0. The summed E-state index contributed by atoms with van der Waals surface area (Å²) in [6, 6.07) is 0.215. The van der Waals surface area contributed by atoms with Crippen LogP contribution in [-0.4, -0.2) is 37.4 Å². The predicted octanol–water partition coefficient (Wildman–Crippen LogP) is 1.40. The van der Waals surface area contributed by atoms with Gasteiger partial charge in [-0.05, 0) is 43.8 Å². The summed E-state index contributed by atoms with van der Waals surface area (Å²) >= 11 is 0. The molecule has 0 aliphatic carbocycles. The topological polar surface area (TPSA) is 44.3 Å². The van der Waals surface area contributed by atoms with Gasteiger partial charge in [-0.3, -0.25) is 0 Å². The highest BCUT2D eigenvalue weighted by Gasteiger charge is 2.24. The van der Waals surface area contributed by atoms with Crippen molar-refractivity contribution in [1.82, 2.24) is 10.6 Å². The second-order valence-electron chi connectivity index (χ2n) is 5.70. The Morgan fingerprint density at radius 2 is 1.88 bits per heavy atom. The molecule has 0 aromatic carbocycles. The zero-order valence-electron chi connectivity index (χ0n) is 10.8. The molecular weight excluding hydrogens is 224 g/mol. The Morgan fingerprint density at radius 1 is 1.31 bits per heavy atom. The lowest BCUT2D eigenvalue weighted by Gasteiger charge is -2.32. The van der Waals surface area contributed by atoms with E-state index < -0.39 is 0 Å². The molecule has 1 aliphatic rings. The normalized spacial score (nSPS) is 20.2. The van der Waals surface area contributed by atoms with Crippen molar-refractivity contribution in [1.29, 1.82) is 0 Å². The highest BCUT2D eigenvalue weighted by atomic mass is 35.5. The van der Waals surface area contributed by atoms with Crippen molar-refractivity contribution in [2.45, 2.75) is 39.7 Å². The molecule has 0 saturated carbocycles. The van der Waals surface area contributed by atoms with Crippen LogP contribution >= 0.6 is 12.4 Å². The molecule has 0 spiro atoms. The summed E-state index contributed by atoms with van der Waals surface area (Å²) in [5, 5.41) is 16.2. The maximum atomic E-state index is 9.32. The number of aliphatic hydroxyl groups is 1. The monoisotopic (exact) mass is 250 g/mol. The molecule has 98 valence electrons. The van der Waals surface area contributed by atoms with Crippen LogP contribution in [0.15, 0.2) is 0 Å². The van der Waals surface area contributed by atoms with E-state index in [0.717, 1.165) is 25.6 Å². The molecule has 0 radical (unpaired) electrons. The average molecular weight is 251 g/mol. The number of rotatable bonds is 4. The molecule has 3 nitrogen and oxygen atoms in total. The third-order valence-electron chi connectivity index (χ3n) is 3.34. The van der Waals surface area contributed by atoms with Crippen molar-refractivity contribution in [2.75, 3.05) is 26.2 Å². The summed E-state index contributed by atoms with van der Waals surface area (Å²) < 4.78 is 0. The molecular formula is C12H27ClN2O. The van der Waals surface area contributed by atoms with Gasteiger partial charge in [0, 0.05) is 6.04 Å². The van der Waals surface area contributed by atoms with Crippen LogP contribution in [0, 0.1) is 11.3 Å². The number of nitrogens with one attached hydrogen (secondary N) is 2. The summed E-state index contributed by atoms with van der Waals surface area (Å²) in [6.07, 6.45) is 2.52. The number of hydrogen-bond donors (Lipinski definition) is 3. The smallest absolute Gasteiger partial charge is 0.0589 e. The summed E-state index contributed by atoms with van der Waals surface area (Å²) in [4.78, 5) is 0. The van der Waals surface area contributed by atoms with Crippen molar-refractivity contribution < 1.29 is 5.11 Å². The van der Waals surface area contributed by atoms with Crippen LogP contribution < -0.4 is 10.6 Å². The molecule has 4 heteroatoms. The van der Waals surface area contributed by atoms with Crippen molar-refractivity contribution >= 4 is 12.4 Å². The molecule has 1 heterocycles. The minimum Gasteiger partial charge on any atom is -0.395 e. The zero-order chi connectivity index (χ0) is 11.3. The standard InChI is InChI=1S/C12H26N2O.ClH/c1-12(2,3)11(9-15)14-8-10-4-6-13-7-5-10;/h10-11,13-15H,4-9H2,1-3H3;1H. The van der Waals surface area contributed by atoms with E-state index in [1.165, 1.54) is 12.8 Å². The molecule has 0 aromatic heterocycles. The van der Waals surface area contributed by atoms with E-state index in [-0.39, 0.29) is 30.5 Å². The first kappa shape index (κ1) is 16.2. The second kappa shape index (κ2) is 7.49. The van der Waals surface area contributed by atoms with Gasteiger partial charge in [0.1, 0.15) is 0 Å². The molecule has 1 rings (SSSR count). The van der Waals surface area contributed by atoms with Crippen LogP contribution in [0.5, 0.6) is 0 Å². The summed E-state index contributed by atoms with van der Waals surface area (Å²) in [6.45, 7) is 10.1. The molecule has 0 aromatic rings. The first-order chi connectivity index (χ1) is 7.04. The fraction of sp³-hybridized carbons (Fsp3) is 1.00. The number of halogens is 1. The van der Waals surface area contributed by atoms with Gasteiger partial charge >= 0.3 is 0 Å². The highest BCUT2D eigenvalue weighted by molar-refractivity contribution is 5.85. The highest BCUT2D eigenvalue weighted by Crippen LogP contribution is 2.19. The van der Waals surface area contributed by atoms with Crippen LogP contribution in [-0.2, 0) is 0 Å². The van der Waals surface area contributed by atoms with Gasteiger partial charge in [0.25, 0.3) is 0 Å². The van der Waals surface area contributed by atoms with E-state index in [1.807, 2.05) is 0 Å². The summed E-state index contributed by atoms with van der Waals surface area (Å²) in [5.41, 5.74) is 0.141. The lowest BCUT2D eigenvalue weighted by atomic mass is 9.86. The van der Waals surface area contributed by atoms with Gasteiger partial charge in [-0.2, -0.15) is 0 Å². The van der Waals surface area contributed by atoms with Crippen molar-refractivity contribution in [3.8, 4) is 0 Å². The Labute approximate surface area is 106 Å². The van der Waals surface area contributed by atoms with E-state index >= 15 is 0 Å². The van der Waals surface area contributed by atoms with Gasteiger partial charge in [-0.25, -0.2) is 0 Å². The van der Waals surface area contributed by atoms with Crippen LogP contribution in [0.3, 0.4) is 0 Å². The first-order valence-corrected chi connectivity index (χ1v) is 6.09. The second-order valence-corrected chi connectivity index (χ2v) is 5.70. The molecule has 1 unspecified atom stereocenters. The maximum Gasteiger partial charge on any atom is 0.0589 e. The van der Waals surface area contributed by atoms with E-state index in [4.69, 9.17) is 0 Å². The summed E-state index contributed by atoms with van der Waals surface area (Å²) in [5.74, 6) is 0.780. The predicted molar refractivity (Wildman–Crippen MR) is 71.2 cm³/mol. The molecule has 16 heavy (non-hydrogen) atoms. The van der Waals surface area contributed by atoms with Crippen molar-refractivity contribution in [3.05, 3.63) is 0 Å². The van der Waals surface area contributed by atoms with Gasteiger partial charge in [0.2, 0.25) is 0 Å². The SMILES string of the molecule is CC(C)(C)C(CO)NCC1CCNCC1.Cl. The lowest BCUT2D eigenvalue weighted by Crippen LogP contribution is -2.46. The Bertz CT molecular complexity index is 176. The fourth-order valence-corrected chi connectivity index (χ4v) is 2.04. The van der Waals surface area contributed by atoms with E-state index in [0.29, 0.717) is 0 Å². The van der Waals surface area contributed by atoms with Gasteiger partial charge < -0.3 is 15.7 Å². The Hall–Kier alpha value is 0.170. The quantitative estimate of drug-likeness (QED) is 0.707. The molecule has 0 bridgehead atoms. The fourth-order valence-electron chi connectivity index (χ4n) is 2.04. The van der Waals surface area contributed by atoms with Crippen LogP contribution in [0.1, 0.15) is 33.6 Å². The molecule has 1 saturated heterocycles. The van der Waals surface area contributed by atoms with Gasteiger partial charge in [-0.1, -0.05) is 20.8 Å². The van der Waals surface area contributed by atoms with Crippen LogP contribution in [0.2, 0.25) is 0 Å². The molecule has 1 fully saturated rings. The number of aliphatic hydroxyl groups excluding tert-OH is 1. The van der Waals surface area contributed by atoms with Crippen molar-refractivity contribution in [3.63, 3.8) is 0 Å². The van der Waals surface area contributed by atoms with E-state index in [9.17, 15) is 5.11 Å². The average Bonchev–Trinajstić information content (AvgIpc) is 2.18. The molecule has 3 N–H and O–H groups in total. The summed E-state index contributed by atoms with van der Waals surface area (Å²) in [7, 11) is 0. The number of hydrogen-bond acceptors (Lipinski definition) is 3. The minimum atomic E-state index is 0. The molecule has 1 aliphatic heterocycles. The Morgan fingerprint density at radius 3 is 2.31 bits per heavy atom. The third kappa shape index (κ3) is 5.48. The zero-order valence-corrected chi connectivity index (χ0v) is 11.6. The third-order valence-corrected chi connectivity index (χ3v) is 3.34. The van der Waals surface area contributed by atoms with Gasteiger partial charge in [-0.15, -0.1) is 12.4 Å². The molecule has 0 amide bonds. The molecule has 1 atom stereocenters. The largest absolute Gasteiger partial charge is 0.395 e. The Balaban J connectivity index is 0.00000225. The van der Waals surface area contributed by atoms with Crippen LogP contribution in [0.25, 0.3) is 0 Å². The van der Waals surface area contributed by atoms with Gasteiger partial charge in [0.15, 0.2) is 0 Å². The first-order valence-electron chi connectivity index (χ1n) is 6.09. The van der Waals surface area contributed by atoms with Crippen molar-refractivity contribution in [2.24, 2.45) is 11.3 Å². The van der Waals surface area contributed by atoms with E-state index in [1.54, 1.807) is 0 Å². The Kier molecular flexibility index (Phi) is 7.57. The lowest BCUT2D eigenvalue weighted by molar-refractivity contribution is 0.151. The maximum absolute atomic E-state index is 9.32. The van der Waals surface area contributed by atoms with Gasteiger partial charge in [0.05, 0.1) is 6.61 Å². The van der Waals surface area contributed by atoms with Crippen LogP contribution in [0.4, 0.5) is 0 Å². The number of piperidine rings is 1. The van der Waals surface area contributed by atoms with E-state index in [2.05, 4.69) is 31.4 Å².